The predicted molar refractivity (Wildman–Crippen MR) is 106 cm³/mol. The number of methoxy groups -OCH3 is 1. The highest BCUT2D eigenvalue weighted by Crippen LogP contribution is 2.32. The van der Waals surface area contributed by atoms with Crippen molar-refractivity contribution in [3.05, 3.63) is 29.3 Å². The topological polar surface area (TPSA) is 107 Å². The van der Waals surface area contributed by atoms with E-state index in [-0.39, 0.29) is 17.9 Å². The molecular weight excluding hydrogens is 384 g/mol. The highest BCUT2D eigenvalue weighted by Gasteiger charge is 2.26. The number of hydrogen-bond acceptors (Lipinski definition) is 6. The molecule has 1 unspecified atom stereocenters. The lowest BCUT2D eigenvalue weighted by atomic mass is 9.85. The van der Waals surface area contributed by atoms with Crippen LogP contribution in [0.5, 0.6) is 5.75 Å². The number of rotatable bonds is 6. The summed E-state index contributed by atoms with van der Waals surface area (Å²) in [4.78, 5) is 16.5. The highest BCUT2D eigenvalue weighted by atomic mass is 32.2. The fraction of sp³-hybridized carbons (Fsp3) is 0.632. The second-order valence-corrected chi connectivity index (χ2v) is 9.66. The lowest BCUT2D eigenvalue weighted by molar-refractivity contribution is 0.0556. The first-order valence-corrected chi connectivity index (χ1v) is 10.8. The molecule has 1 heterocycles. The molecule has 1 saturated heterocycles. The molecule has 1 aromatic carbocycles. The van der Waals surface area contributed by atoms with Crippen molar-refractivity contribution in [2.75, 3.05) is 45.6 Å². The van der Waals surface area contributed by atoms with Crippen molar-refractivity contribution >= 4 is 16.0 Å². The van der Waals surface area contributed by atoms with E-state index in [0.717, 1.165) is 11.3 Å². The summed E-state index contributed by atoms with van der Waals surface area (Å²) < 4.78 is 35.9. The number of β-amino-alcohol motifs (C(OH)–C–C–N with tert-alkyl or cyclic N) is 1. The van der Waals surface area contributed by atoms with Crippen LogP contribution >= 0.6 is 0 Å². The van der Waals surface area contributed by atoms with Gasteiger partial charge in [-0.3, -0.25) is 14.2 Å². The average molecular weight is 415 g/mol. The normalized spacial score (nSPS) is 17.4. The SMILES string of the molecule is COc1ccc(C(=O)N2CCN(CC(O)CS(=O)(=O)O)CC2)cc1C(C)(C)C. The number of aliphatic hydroxyl groups excluding tert-OH is 1. The molecule has 0 aliphatic carbocycles. The Morgan fingerprint density at radius 2 is 1.82 bits per heavy atom. The van der Waals surface area contributed by atoms with Gasteiger partial charge >= 0.3 is 0 Å². The Morgan fingerprint density at radius 3 is 2.32 bits per heavy atom. The van der Waals surface area contributed by atoms with Gasteiger partial charge in [-0.05, 0) is 23.6 Å². The molecule has 28 heavy (non-hydrogen) atoms. The average Bonchev–Trinajstić information content (AvgIpc) is 2.58. The zero-order valence-electron chi connectivity index (χ0n) is 16.9. The Hall–Kier alpha value is -1.68. The molecule has 0 aromatic heterocycles. The van der Waals surface area contributed by atoms with E-state index >= 15 is 0 Å². The second kappa shape index (κ2) is 8.77. The summed E-state index contributed by atoms with van der Waals surface area (Å²) in [6.45, 7) is 8.34. The van der Waals surface area contributed by atoms with Crippen molar-refractivity contribution < 1.29 is 27.6 Å². The van der Waals surface area contributed by atoms with E-state index in [0.29, 0.717) is 31.7 Å². The molecule has 9 heteroatoms. The number of hydrogen-bond donors (Lipinski definition) is 2. The standard InChI is InChI=1S/C19H30N2O6S/c1-19(2,3)16-11-14(5-6-17(16)27-4)18(23)21-9-7-20(8-10-21)12-15(22)13-28(24,25)26/h5-6,11,15,22H,7-10,12-13H2,1-4H3,(H,24,25,26). The maximum atomic E-state index is 12.9. The Bertz CT molecular complexity index is 795. The van der Waals surface area contributed by atoms with Gasteiger partial charge in [-0.1, -0.05) is 20.8 Å². The van der Waals surface area contributed by atoms with E-state index in [2.05, 4.69) is 20.8 Å². The third-order valence-electron chi connectivity index (χ3n) is 4.79. The minimum Gasteiger partial charge on any atom is -0.496 e. The van der Waals surface area contributed by atoms with Gasteiger partial charge in [0.1, 0.15) is 11.5 Å². The molecule has 2 N–H and O–H groups in total. The van der Waals surface area contributed by atoms with Crippen molar-refractivity contribution in [2.45, 2.75) is 32.3 Å². The van der Waals surface area contributed by atoms with Crippen LogP contribution in [0.3, 0.4) is 0 Å². The molecule has 2 rings (SSSR count). The van der Waals surface area contributed by atoms with E-state index in [1.165, 1.54) is 0 Å². The van der Waals surface area contributed by atoms with Crippen molar-refractivity contribution in [2.24, 2.45) is 0 Å². The van der Waals surface area contributed by atoms with Crippen LogP contribution in [0, 0.1) is 0 Å². The van der Waals surface area contributed by atoms with E-state index in [1.807, 2.05) is 17.0 Å². The minimum atomic E-state index is -4.21. The summed E-state index contributed by atoms with van der Waals surface area (Å²) in [6, 6.07) is 5.46. The van der Waals surface area contributed by atoms with Crippen molar-refractivity contribution in [1.82, 2.24) is 9.80 Å². The monoisotopic (exact) mass is 414 g/mol. The molecule has 1 aliphatic rings. The number of benzene rings is 1. The second-order valence-electron chi connectivity index (χ2n) is 8.16. The summed E-state index contributed by atoms with van der Waals surface area (Å²) >= 11 is 0. The number of amides is 1. The van der Waals surface area contributed by atoms with Crippen LogP contribution in [-0.2, 0) is 15.5 Å². The Labute approximate surface area is 166 Å². The molecule has 8 nitrogen and oxygen atoms in total. The van der Waals surface area contributed by atoms with Crippen molar-refractivity contribution in [1.29, 1.82) is 0 Å². The van der Waals surface area contributed by atoms with Gasteiger partial charge in [-0.25, -0.2) is 0 Å². The van der Waals surface area contributed by atoms with Crippen LogP contribution in [0.15, 0.2) is 18.2 Å². The Balaban J connectivity index is 2.00. The first kappa shape index (κ1) is 22.6. The molecule has 1 fully saturated rings. The van der Waals surface area contributed by atoms with Crippen LogP contribution in [-0.4, -0.2) is 85.5 Å². The van der Waals surface area contributed by atoms with Crippen LogP contribution < -0.4 is 4.74 Å². The van der Waals surface area contributed by atoms with E-state index in [9.17, 15) is 18.3 Å². The molecule has 1 amide bonds. The molecule has 0 bridgehead atoms. The van der Waals surface area contributed by atoms with E-state index < -0.39 is 22.0 Å². The summed E-state index contributed by atoms with van der Waals surface area (Å²) in [5, 5.41) is 9.77. The smallest absolute Gasteiger partial charge is 0.267 e. The third-order valence-corrected chi connectivity index (χ3v) is 5.59. The molecule has 0 spiro atoms. The van der Waals surface area contributed by atoms with E-state index in [1.54, 1.807) is 18.1 Å². The van der Waals surface area contributed by atoms with Gasteiger partial charge in [-0.2, -0.15) is 8.42 Å². The molecule has 0 saturated carbocycles. The van der Waals surface area contributed by atoms with Crippen LogP contribution in [0.25, 0.3) is 0 Å². The maximum absolute atomic E-state index is 12.9. The lowest BCUT2D eigenvalue weighted by Crippen LogP contribution is -2.51. The molecule has 1 aliphatic heterocycles. The summed E-state index contributed by atoms with van der Waals surface area (Å²) in [5.74, 6) is 0.00101. The molecular formula is C19H30N2O6S. The number of carbonyl (C=O) groups excluding carboxylic acids is 1. The number of ether oxygens (including phenoxy) is 1. The van der Waals surface area contributed by atoms with Crippen LogP contribution in [0.4, 0.5) is 0 Å². The molecule has 0 radical (unpaired) electrons. The van der Waals surface area contributed by atoms with Crippen molar-refractivity contribution in [3.8, 4) is 5.75 Å². The van der Waals surface area contributed by atoms with Gasteiger partial charge in [-0.15, -0.1) is 0 Å². The fourth-order valence-electron chi connectivity index (χ4n) is 3.34. The van der Waals surface area contributed by atoms with Gasteiger partial charge in [0.15, 0.2) is 0 Å². The van der Waals surface area contributed by atoms with Gasteiger partial charge in [0.25, 0.3) is 16.0 Å². The Morgan fingerprint density at radius 1 is 1.21 bits per heavy atom. The zero-order valence-corrected chi connectivity index (χ0v) is 17.7. The first-order valence-electron chi connectivity index (χ1n) is 9.24. The Kier molecular flexibility index (Phi) is 7.08. The van der Waals surface area contributed by atoms with Gasteiger partial charge in [0, 0.05) is 43.9 Å². The zero-order chi connectivity index (χ0) is 21.1. The van der Waals surface area contributed by atoms with E-state index in [4.69, 9.17) is 9.29 Å². The summed E-state index contributed by atoms with van der Waals surface area (Å²) in [5.41, 5.74) is 1.40. The number of piperazine rings is 1. The fourth-order valence-corrected chi connectivity index (χ4v) is 3.93. The molecule has 1 atom stereocenters. The van der Waals surface area contributed by atoms with Crippen molar-refractivity contribution in [3.63, 3.8) is 0 Å². The molecule has 158 valence electrons. The highest BCUT2D eigenvalue weighted by molar-refractivity contribution is 7.85. The van der Waals surface area contributed by atoms with Crippen LogP contribution in [0.2, 0.25) is 0 Å². The summed E-state index contributed by atoms with van der Waals surface area (Å²) in [6.07, 6.45) is -1.16. The largest absolute Gasteiger partial charge is 0.496 e. The predicted octanol–water partition coefficient (Wildman–Crippen LogP) is 0.999. The summed E-state index contributed by atoms with van der Waals surface area (Å²) in [7, 11) is -2.59. The van der Waals surface area contributed by atoms with Crippen LogP contribution in [0.1, 0.15) is 36.7 Å². The van der Waals surface area contributed by atoms with Gasteiger partial charge in [0.05, 0.1) is 13.2 Å². The number of nitrogens with zero attached hydrogens (tertiary/aromatic N) is 2. The maximum Gasteiger partial charge on any atom is 0.267 e. The third kappa shape index (κ3) is 6.16. The minimum absolute atomic E-state index is 0.0636. The number of aliphatic hydroxyl groups is 1. The van der Waals surface area contributed by atoms with Gasteiger partial charge in [0.2, 0.25) is 0 Å². The number of carbonyl (C=O) groups is 1. The molecule has 1 aromatic rings. The lowest BCUT2D eigenvalue weighted by Gasteiger charge is -2.35. The quantitative estimate of drug-likeness (QED) is 0.669. The first-order chi connectivity index (χ1) is 12.9. The van der Waals surface area contributed by atoms with Gasteiger partial charge < -0.3 is 14.7 Å².